The first-order valence-corrected chi connectivity index (χ1v) is 10.9. The topological polar surface area (TPSA) is 94.5 Å². The van der Waals surface area contributed by atoms with Crippen LogP contribution in [-0.2, 0) is 14.3 Å². The number of hydrogen-bond donors (Lipinski definition) is 2. The van der Waals surface area contributed by atoms with Gasteiger partial charge in [-0.2, -0.15) is 5.26 Å². The molecule has 2 amide bonds. The maximum absolute atomic E-state index is 13.6. The van der Waals surface area contributed by atoms with Gasteiger partial charge in [-0.15, -0.1) is 0 Å². The standard InChI is InChI=1S/C21H31FN4O3/c22-15-11-17(12-23)26(14-15)18(27)13-24-21-6-3-20(4-7-21,5-8-21)19(28)25-16-1-9-29-10-2-16/h15-17,24H,1-11,13-14H2,(H,25,28). The molecular weight excluding hydrogens is 375 g/mol. The molecule has 2 saturated heterocycles. The molecule has 0 aromatic heterocycles. The monoisotopic (exact) mass is 406 g/mol. The highest BCUT2D eigenvalue weighted by atomic mass is 19.1. The molecule has 7 nitrogen and oxygen atoms in total. The van der Waals surface area contributed by atoms with Crippen LogP contribution in [0.5, 0.6) is 0 Å². The number of likely N-dealkylation sites (tertiary alicyclic amines) is 1. The third kappa shape index (κ3) is 4.13. The van der Waals surface area contributed by atoms with E-state index in [1.165, 1.54) is 4.90 Å². The van der Waals surface area contributed by atoms with Crippen molar-refractivity contribution in [2.24, 2.45) is 5.41 Å². The summed E-state index contributed by atoms with van der Waals surface area (Å²) in [7, 11) is 0. The molecule has 2 unspecified atom stereocenters. The lowest BCUT2D eigenvalue weighted by Gasteiger charge is -2.53. The van der Waals surface area contributed by atoms with E-state index >= 15 is 0 Å². The highest BCUT2D eigenvalue weighted by molar-refractivity contribution is 5.83. The molecule has 2 aliphatic heterocycles. The summed E-state index contributed by atoms with van der Waals surface area (Å²) in [4.78, 5) is 26.9. The maximum atomic E-state index is 13.6. The summed E-state index contributed by atoms with van der Waals surface area (Å²) in [6.07, 6.45) is 5.88. The average molecular weight is 407 g/mol. The molecule has 2 bridgehead atoms. The lowest BCUT2D eigenvalue weighted by Crippen LogP contribution is -2.60. The van der Waals surface area contributed by atoms with Crippen molar-refractivity contribution >= 4 is 11.8 Å². The van der Waals surface area contributed by atoms with Crippen LogP contribution >= 0.6 is 0 Å². The second kappa shape index (κ2) is 8.19. The van der Waals surface area contributed by atoms with Gasteiger partial charge in [0.1, 0.15) is 12.2 Å². The van der Waals surface area contributed by atoms with Crippen LogP contribution in [0.3, 0.4) is 0 Å². The number of rotatable bonds is 5. The summed E-state index contributed by atoms with van der Waals surface area (Å²) in [6, 6.07) is 1.60. The molecule has 0 aromatic rings. The first-order chi connectivity index (χ1) is 14.0. The number of amides is 2. The molecule has 29 heavy (non-hydrogen) atoms. The molecule has 0 radical (unpaired) electrons. The van der Waals surface area contributed by atoms with Gasteiger partial charge in [0.05, 0.1) is 19.2 Å². The fraction of sp³-hybridized carbons (Fsp3) is 0.857. The van der Waals surface area contributed by atoms with Crippen LogP contribution in [0.1, 0.15) is 57.8 Å². The van der Waals surface area contributed by atoms with E-state index in [1.807, 2.05) is 6.07 Å². The zero-order chi connectivity index (χ0) is 20.5. The molecule has 0 spiro atoms. The van der Waals surface area contributed by atoms with E-state index in [9.17, 15) is 14.0 Å². The maximum Gasteiger partial charge on any atom is 0.237 e. The summed E-state index contributed by atoms with van der Waals surface area (Å²) in [5, 5.41) is 15.8. The Morgan fingerprint density at radius 1 is 1.14 bits per heavy atom. The first-order valence-electron chi connectivity index (χ1n) is 10.9. The SMILES string of the molecule is N#CC1CC(F)CN1C(=O)CNC12CCC(C(=O)NC3CCOCC3)(CC1)CC2. The van der Waals surface area contributed by atoms with Crippen molar-refractivity contribution in [3.05, 3.63) is 0 Å². The van der Waals surface area contributed by atoms with Gasteiger partial charge in [0.25, 0.3) is 0 Å². The number of ether oxygens (including phenoxy) is 1. The number of nitrogens with one attached hydrogen (secondary N) is 2. The van der Waals surface area contributed by atoms with Crippen LogP contribution in [0.4, 0.5) is 4.39 Å². The Balaban J connectivity index is 1.29. The number of nitrogens with zero attached hydrogens (tertiary/aromatic N) is 2. The summed E-state index contributed by atoms with van der Waals surface area (Å²) in [5.41, 5.74) is -0.388. The van der Waals surface area contributed by atoms with Gasteiger partial charge in [-0.3, -0.25) is 9.59 Å². The third-order valence-corrected chi connectivity index (χ3v) is 7.62. The quantitative estimate of drug-likeness (QED) is 0.720. The number of carbonyl (C=O) groups excluding carboxylic acids is 2. The zero-order valence-corrected chi connectivity index (χ0v) is 16.9. The summed E-state index contributed by atoms with van der Waals surface area (Å²) in [6.45, 7) is 1.57. The zero-order valence-electron chi connectivity index (χ0n) is 16.9. The van der Waals surface area contributed by atoms with Crippen molar-refractivity contribution in [1.29, 1.82) is 5.26 Å². The van der Waals surface area contributed by atoms with Crippen molar-refractivity contribution in [3.8, 4) is 6.07 Å². The number of alkyl halides is 1. The van der Waals surface area contributed by atoms with E-state index in [1.54, 1.807) is 0 Å². The van der Waals surface area contributed by atoms with Gasteiger partial charge >= 0.3 is 0 Å². The number of fused-ring (bicyclic) bond motifs is 3. The minimum absolute atomic E-state index is 0.0151. The van der Waals surface area contributed by atoms with Crippen LogP contribution in [0, 0.1) is 16.7 Å². The third-order valence-electron chi connectivity index (χ3n) is 7.62. The molecular formula is C21H31FN4O3. The predicted octanol–water partition coefficient (Wildman–Crippen LogP) is 1.43. The Hall–Kier alpha value is -1.72. The van der Waals surface area contributed by atoms with E-state index in [4.69, 9.17) is 10.00 Å². The Kier molecular flexibility index (Phi) is 5.80. The molecule has 3 aliphatic carbocycles. The lowest BCUT2D eigenvalue weighted by molar-refractivity contribution is -0.140. The van der Waals surface area contributed by atoms with Gasteiger partial charge in [-0.25, -0.2) is 4.39 Å². The van der Waals surface area contributed by atoms with Crippen molar-refractivity contribution in [2.45, 2.75) is 81.6 Å². The fourth-order valence-corrected chi connectivity index (χ4v) is 5.52. The predicted molar refractivity (Wildman–Crippen MR) is 103 cm³/mol. The molecule has 0 aromatic carbocycles. The molecule has 5 fully saturated rings. The van der Waals surface area contributed by atoms with Crippen molar-refractivity contribution in [1.82, 2.24) is 15.5 Å². The molecule has 2 atom stereocenters. The van der Waals surface area contributed by atoms with E-state index in [-0.39, 0.29) is 48.3 Å². The van der Waals surface area contributed by atoms with Crippen molar-refractivity contribution in [3.63, 3.8) is 0 Å². The molecule has 8 heteroatoms. The molecule has 2 heterocycles. The molecule has 5 rings (SSSR count). The molecule has 160 valence electrons. The second-order valence-corrected chi connectivity index (χ2v) is 9.30. The highest BCUT2D eigenvalue weighted by Crippen LogP contribution is 2.52. The Bertz CT molecular complexity index is 663. The van der Waals surface area contributed by atoms with Gasteiger partial charge < -0.3 is 20.3 Å². The summed E-state index contributed by atoms with van der Waals surface area (Å²) in [5.74, 6) is -0.0116. The number of halogens is 1. The van der Waals surface area contributed by atoms with Crippen LogP contribution in [0.2, 0.25) is 0 Å². The minimum atomic E-state index is -1.11. The molecule has 5 aliphatic rings. The van der Waals surface area contributed by atoms with E-state index in [0.717, 1.165) is 51.4 Å². The van der Waals surface area contributed by atoms with Crippen molar-refractivity contribution < 1.29 is 18.7 Å². The Morgan fingerprint density at radius 3 is 2.41 bits per heavy atom. The first kappa shape index (κ1) is 20.5. The van der Waals surface area contributed by atoms with Gasteiger partial charge in [0.15, 0.2) is 0 Å². The molecule has 3 saturated carbocycles. The summed E-state index contributed by atoms with van der Waals surface area (Å²) < 4.78 is 19.0. The van der Waals surface area contributed by atoms with Crippen LogP contribution in [-0.4, -0.2) is 66.8 Å². The lowest BCUT2D eigenvalue weighted by atomic mass is 9.56. The smallest absolute Gasteiger partial charge is 0.237 e. The van der Waals surface area contributed by atoms with Crippen LogP contribution in [0.15, 0.2) is 0 Å². The number of hydrogen-bond acceptors (Lipinski definition) is 5. The van der Waals surface area contributed by atoms with Gasteiger partial charge in [-0.1, -0.05) is 0 Å². The summed E-state index contributed by atoms with van der Waals surface area (Å²) >= 11 is 0. The average Bonchev–Trinajstić information content (AvgIpc) is 3.15. The van der Waals surface area contributed by atoms with E-state index in [2.05, 4.69) is 10.6 Å². The number of nitriles is 1. The fourth-order valence-electron chi connectivity index (χ4n) is 5.52. The Labute approximate surface area is 171 Å². The van der Waals surface area contributed by atoms with E-state index < -0.39 is 12.2 Å². The normalized spacial score (nSPS) is 37.3. The van der Waals surface area contributed by atoms with E-state index in [0.29, 0.717) is 13.2 Å². The Morgan fingerprint density at radius 2 is 1.79 bits per heavy atom. The van der Waals surface area contributed by atoms with Gasteiger partial charge in [0, 0.05) is 36.6 Å². The van der Waals surface area contributed by atoms with Crippen LogP contribution < -0.4 is 10.6 Å². The van der Waals surface area contributed by atoms with Crippen molar-refractivity contribution in [2.75, 3.05) is 26.3 Å². The van der Waals surface area contributed by atoms with Gasteiger partial charge in [-0.05, 0) is 51.4 Å². The second-order valence-electron chi connectivity index (χ2n) is 9.30. The van der Waals surface area contributed by atoms with Gasteiger partial charge in [0.2, 0.25) is 11.8 Å². The minimum Gasteiger partial charge on any atom is -0.381 e. The largest absolute Gasteiger partial charge is 0.381 e. The number of carbonyl (C=O) groups is 2. The van der Waals surface area contributed by atoms with Crippen LogP contribution in [0.25, 0.3) is 0 Å². The highest BCUT2D eigenvalue weighted by Gasteiger charge is 2.52. The molecule has 2 N–H and O–H groups in total.